The molecule has 0 aliphatic rings. The highest BCUT2D eigenvalue weighted by atomic mass is 79.9. The summed E-state index contributed by atoms with van der Waals surface area (Å²) >= 11 is 4.78. The molecule has 0 aliphatic heterocycles. The van der Waals surface area contributed by atoms with E-state index >= 15 is 0 Å². The largest absolute Gasteiger partial charge is 0.480 e. The minimum atomic E-state index is 0.210. The first-order valence-electron chi connectivity index (χ1n) is 2.61. The van der Waals surface area contributed by atoms with Gasteiger partial charge in [0.1, 0.15) is 4.88 Å². The monoisotopic (exact) mass is 219 g/mol. The minimum Gasteiger partial charge on any atom is -0.480 e. The molecule has 2 nitrogen and oxygen atoms in total. The molecule has 10 heavy (non-hydrogen) atoms. The van der Waals surface area contributed by atoms with Gasteiger partial charge in [0.2, 0.25) is 5.90 Å². The zero-order chi connectivity index (χ0) is 7.56. The lowest BCUT2D eigenvalue weighted by molar-refractivity contribution is 0.402. The third-order valence-electron chi connectivity index (χ3n) is 1.03. The van der Waals surface area contributed by atoms with Crippen molar-refractivity contribution < 1.29 is 4.74 Å². The van der Waals surface area contributed by atoms with Gasteiger partial charge < -0.3 is 4.74 Å². The summed E-state index contributed by atoms with van der Waals surface area (Å²) in [4.78, 5) is 0.836. The Balaban J connectivity index is 2.93. The van der Waals surface area contributed by atoms with Gasteiger partial charge in [0.15, 0.2) is 0 Å². The van der Waals surface area contributed by atoms with Crippen LogP contribution >= 0.6 is 27.3 Å². The second-order valence-corrected chi connectivity index (χ2v) is 3.40. The fourth-order valence-corrected chi connectivity index (χ4v) is 2.03. The Bertz CT molecular complexity index is 246. The molecule has 54 valence electrons. The van der Waals surface area contributed by atoms with Crippen molar-refractivity contribution in [3.8, 4) is 0 Å². The van der Waals surface area contributed by atoms with Gasteiger partial charge in [-0.3, -0.25) is 5.41 Å². The van der Waals surface area contributed by atoms with Crippen molar-refractivity contribution in [1.29, 1.82) is 5.41 Å². The fourth-order valence-electron chi connectivity index (χ4n) is 0.548. The molecule has 1 N–H and O–H groups in total. The predicted octanol–water partition coefficient (Wildman–Crippen LogP) is 2.48. The van der Waals surface area contributed by atoms with Crippen LogP contribution in [0, 0.1) is 5.41 Å². The van der Waals surface area contributed by atoms with E-state index in [4.69, 9.17) is 10.1 Å². The Labute approximate surface area is 71.5 Å². The Morgan fingerprint density at radius 3 is 2.90 bits per heavy atom. The van der Waals surface area contributed by atoms with E-state index in [1.165, 1.54) is 18.4 Å². The van der Waals surface area contributed by atoms with E-state index in [0.717, 1.165) is 9.35 Å². The van der Waals surface area contributed by atoms with Gasteiger partial charge >= 0.3 is 0 Å². The quantitative estimate of drug-likeness (QED) is 0.572. The van der Waals surface area contributed by atoms with Crippen molar-refractivity contribution in [2.45, 2.75) is 0 Å². The molecule has 0 spiro atoms. The molecule has 4 heteroatoms. The zero-order valence-electron chi connectivity index (χ0n) is 5.35. The van der Waals surface area contributed by atoms with Crippen molar-refractivity contribution in [3.05, 3.63) is 20.8 Å². The molecule has 0 aromatic carbocycles. The van der Waals surface area contributed by atoms with Crippen molar-refractivity contribution in [3.63, 3.8) is 0 Å². The molecule has 0 saturated carbocycles. The summed E-state index contributed by atoms with van der Waals surface area (Å²) in [6.45, 7) is 0. The van der Waals surface area contributed by atoms with Crippen LogP contribution in [-0.4, -0.2) is 13.0 Å². The fraction of sp³-hybridized carbons (Fsp3) is 0.167. The maximum absolute atomic E-state index is 7.29. The zero-order valence-corrected chi connectivity index (χ0v) is 7.75. The molecule has 1 aromatic heterocycles. The first-order chi connectivity index (χ1) is 4.75. The highest BCUT2D eigenvalue weighted by molar-refractivity contribution is 9.10. The van der Waals surface area contributed by atoms with Gasteiger partial charge in [0.05, 0.1) is 7.11 Å². The number of rotatable bonds is 1. The normalized spacial score (nSPS) is 9.40. The molecular weight excluding hydrogens is 214 g/mol. The van der Waals surface area contributed by atoms with Crippen LogP contribution < -0.4 is 0 Å². The van der Waals surface area contributed by atoms with Crippen LogP contribution in [0.3, 0.4) is 0 Å². The summed E-state index contributed by atoms with van der Waals surface area (Å²) in [6, 6.07) is 1.90. The molecule has 0 radical (unpaired) electrons. The highest BCUT2D eigenvalue weighted by Gasteiger charge is 2.06. The van der Waals surface area contributed by atoms with Crippen molar-refractivity contribution in [2.75, 3.05) is 7.11 Å². The van der Waals surface area contributed by atoms with E-state index in [0.29, 0.717) is 0 Å². The van der Waals surface area contributed by atoms with Crippen LogP contribution in [0.2, 0.25) is 0 Å². The molecule has 0 amide bonds. The van der Waals surface area contributed by atoms with Gasteiger partial charge in [-0.1, -0.05) is 0 Å². The maximum atomic E-state index is 7.29. The van der Waals surface area contributed by atoms with E-state index in [2.05, 4.69) is 15.9 Å². The van der Waals surface area contributed by atoms with Crippen LogP contribution in [0.1, 0.15) is 4.88 Å². The second-order valence-electron chi connectivity index (χ2n) is 1.63. The lowest BCUT2D eigenvalue weighted by Gasteiger charge is -1.97. The maximum Gasteiger partial charge on any atom is 0.224 e. The third kappa shape index (κ3) is 1.38. The SMILES string of the molecule is COC(=N)c1sccc1Br. The van der Waals surface area contributed by atoms with Gasteiger partial charge in [-0.05, 0) is 27.4 Å². The highest BCUT2D eigenvalue weighted by Crippen LogP contribution is 2.22. The molecule has 1 rings (SSSR count). The van der Waals surface area contributed by atoms with Crippen LogP contribution in [0.4, 0.5) is 0 Å². The lowest BCUT2D eigenvalue weighted by atomic mass is 10.5. The van der Waals surface area contributed by atoms with Crippen LogP contribution in [0.25, 0.3) is 0 Å². The first-order valence-corrected chi connectivity index (χ1v) is 4.29. The first kappa shape index (κ1) is 7.75. The average Bonchev–Trinajstić information content (AvgIpc) is 2.34. The van der Waals surface area contributed by atoms with Crippen LogP contribution in [0.15, 0.2) is 15.9 Å². The topological polar surface area (TPSA) is 33.1 Å². The number of thiophene rings is 1. The summed E-state index contributed by atoms with van der Waals surface area (Å²) in [7, 11) is 1.49. The van der Waals surface area contributed by atoms with E-state index in [1.807, 2.05) is 11.4 Å². The van der Waals surface area contributed by atoms with Gasteiger partial charge in [0, 0.05) is 4.47 Å². The molecule has 0 atom stereocenters. The number of halogens is 1. The third-order valence-corrected chi connectivity index (χ3v) is 2.86. The molecule has 1 aromatic rings. The second kappa shape index (κ2) is 3.16. The van der Waals surface area contributed by atoms with Gasteiger partial charge in [-0.2, -0.15) is 0 Å². The van der Waals surface area contributed by atoms with Crippen molar-refractivity contribution in [2.24, 2.45) is 0 Å². The molecule has 0 bridgehead atoms. The van der Waals surface area contributed by atoms with E-state index < -0.39 is 0 Å². The number of methoxy groups -OCH3 is 1. The molecule has 0 unspecified atom stereocenters. The van der Waals surface area contributed by atoms with Gasteiger partial charge in [-0.15, -0.1) is 11.3 Å². The molecule has 0 aliphatic carbocycles. The van der Waals surface area contributed by atoms with Crippen LogP contribution in [-0.2, 0) is 4.74 Å². The molecule has 0 saturated heterocycles. The molecule has 1 heterocycles. The summed E-state index contributed by atoms with van der Waals surface area (Å²) < 4.78 is 5.66. The minimum absolute atomic E-state index is 0.210. The van der Waals surface area contributed by atoms with E-state index in [9.17, 15) is 0 Å². The number of nitrogens with one attached hydrogen (secondary N) is 1. The average molecular weight is 220 g/mol. The molecular formula is C6H6BrNOS. The molecule has 0 fully saturated rings. The van der Waals surface area contributed by atoms with Gasteiger partial charge in [0.25, 0.3) is 0 Å². The van der Waals surface area contributed by atoms with Gasteiger partial charge in [-0.25, -0.2) is 0 Å². The van der Waals surface area contributed by atoms with Crippen molar-refractivity contribution >= 4 is 33.2 Å². The predicted molar refractivity (Wildman–Crippen MR) is 45.9 cm³/mol. The summed E-state index contributed by atoms with van der Waals surface area (Å²) in [5.41, 5.74) is 0. The standard InChI is InChI=1S/C6H6BrNOS/c1-9-6(8)5-4(7)2-3-10-5/h2-3,8H,1H3. The Kier molecular flexibility index (Phi) is 2.45. The summed E-state index contributed by atoms with van der Waals surface area (Å²) in [6.07, 6.45) is 0. The van der Waals surface area contributed by atoms with E-state index in [-0.39, 0.29) is 5.90 Å². The van der Waals surface area contributed by atoms with E-state index in [1.54, 1.807) is 0 Å². The number of hydrogen-bond donors (Lipinski definition) is 1. The Morgan fingerprint density at radius 2 is 2.50 bits per heavy atom. The smallest absolute Gasteiger partial charge is 0.224 e. The Morgan fingerprint density at radius 1 is 1.80 bits per heavy atom. The lowest BCUT2D eigenvalue weighted by Crippen LogP contribution is -1.97. The summed E-state index contributed by atoms with van der Waals surface area (Å²) in [5, 5.41) is 9.20. The Hall–Kier alpha value is -0.350. The number of hydrogen-bond acceptors (Lipinski definition) is 3. The summed E-state index contributed by atoms with van der Waals surface area (Å²) in [5.74, 6) is 0.210. The number of ether oxygens (including phenoxy) is 1. The van der Waals surface area contributed by atoms with Crippen molar-refractivity contribution in [1.82, 2.24) is 0 Å². The van der Waals surface area contributed by atoms with Crippen LogP contribution in [0.5, 0.6) is 0 Å².